The van der Waals surface area contributed by atoms with Gasteiger partial charge in [-0.05, 0) is 41.8 Å². The lowest BCUT2D eigenvalue weighted by Crippen LogP contribution is -2.14. The Labute approximate surface area is 115 Å². The van der Waals surface area contributed by atoms with Crippen molar-refractivity contribution in [2.24, 2.45) is 0 Å². The topological polar surface area (TPSA) is 42.0 Å². The van der Waals surface area contributed by atoms with Crippen LogP contribution in [0.25, 0.3) is 0 Å². The van der Waals surface area contributed by atoms with E-state index >= 15 is 0 Å². The number of aromatic nitrogens is 1. The molecule has 0 atom stereocenters. The van der Waals surface area contributed by atoms with Gasteiger partial charge >= 0.3 is 0 Å². The lowest BCUT2D eigenvalue weighted by atomic mass is 10.0. The van der Waals surface area contributed by atoms with E-state index in [1.807, 2.05) is 13.8 Å². The summed E-state index contributed by atoms with van der Waals surface area (Å²) in [5.41, 5.74) is 1.10. The Kier molecular flexibility index (Phi) is 4.08. The number of nitrogens with one attached hydrogen (secondary N) is 1. The minimum Gasteiger partial charge on any atom is -0.321 e. The monoisotopic (exact) mass is 276 g/mol. The molecule has 0 aliphatic rings. The average molecular weight is 276 g/mol. The van der Waals surface area contributed by atoms with Crippen molar-refractivity contribution in [2.75, 3.05) is 5.32 Å². The predicted octanol–water partition coefficient (Wildman–Crippen LogP) is 3.74. The maximum absolute atomic E-state index is 13.6. The van der Waals surface area contributed by atoms with Crippen LogP contribution in [0.3, 0.4) is 0 Å². The Morgan fingerprint density at radius 2 is 1.95 bits per heavy atom. The molecule has 1 N–H and O–H groups in total. The van der Waals surface area contributed by atoms with E-state index in [0.717, 1.165) is 12.3 Å². The Morgan fingerprint density at radius 3 is 2.55 bits per heavy atom. The number of hydrogen-bond donors (Lipinski definition) is 1. The van der Waals surface area contributed by atoms with Crippen LogP contribution in [0.1, 0.15) is 35.8 Å². The van der Waals surface area contributed by atoms with Gasteiger partial charge in [0.15, 0.2) is 0 Å². The zero-order chi connectivity index (χ0) is 14.7. The van der Waals surface area contributed by atoms with Crippen molar-refractivity contribution in [2.45, 2.75) is 19.8 Å². The number of pyridine rings is 1. The number of benzene rings is 1. The third kappa shape index (κ3) is 3.17. The highest BCUT2D eigenvalue weighted by molar-refractivity contribution is 6.02. The van der Waals surface area contributed by atoms with Gasteiger partial charge in [0.1, 0.15) is 17.3 Å². The number of halogens is 2. The summed E-state index contributed by atoms with van der Waals surface area (Å²) in [6.45, 7) is 3.73. The van der Waals surface area contributed by atoms with Crippen LogP contribution in [0.5, 0.6) is 0 Å². The van der Waals surface area contributed by atoms with Crippen LogP contribution in [0.15, 0.2) is 36.5 Å². The molecule has 0 spiro atoms. The molecular weight excluding hydrogens is 262 g/mol. The van der Waals surface area contributed by atoms with E-state index in [1.165, 1.54) is 18.2 Å². The largest absolute Gasteiger partial charge is 0.321 e. The minimum absolute atomic E-state index is 0.01000. The van der Waals surface area contributed by atoms with E-state index in [2.05, 4.69) is 10.3 Å². The lowest BCUT2D eigenvalue weighted by Gasteiger charge is -2.10. The van der Waals surface area contributed by atoms with Crippen LogP contribution in [-0.4, -0.2) is 10.9 Å². The SMILES string of the molecule is CC(C)c1cc(NC(=O)c2ccc(F)cn2)ccc1F. The fraction of sp³-hybridized carbons (Fsp3) is 0.200. The maximum Gasteiger partial charge on any atom is 0.274 e. The Balaban J connectivity index is 2.19. The molecular formula is C15H14F2N2O. The third-order valence-electron chi connectivity index (χ3n) is 2.84. The zero-order valence-corrected chi connectivity index (χ0v) is 11.2. The number of anilines is 1. The smallest absolute Gasteiger partial charge is 0.274 e. The highest BCUT2D eigenvalue weighted by Gasteiger charge is 2.11. The molecule has 104 valence electrons. The maximum atomic E-state index is 13.6. The zero-order valence-electron chi connectivity index (χ0n) is 11.2. The molecule has 2 aromatic rings. The fourth-order valence-electron chi connectivity index (χ4n) is 1.77. The summed E-state index contributed by atoms with van der Waals surface area (Å²) in [6.07, 6.45) is 0.971. The Morgan fingerprint density at radius 1 is 1.20 bits per heavy atom. The van der Waals surface area contributed by atoms with Gasteiger partial charge in [0.25, 0.3) is 5.91 Å². The highest BCUT2D eigenvalue weighted by Crippen LogP contribution is 2.22. The van der Waals surface area contributed by atoms with Crippen LogP contribution >= 0.6 is 0 Å². The first kappa shape index (κ1) is 14.1. The first-order valence-electron chi connectivity index (χ1n) is 6.19. The average Bonchev–Trinajstić information content (AvgIpc) is 2.41. The van der Waals surface area contributed by atoms with Gasteiger partial charge in [0.2, 0.25) is 0 Å². The molecule has 0 bridgehead atoms. The van der Waals surface area contributed by atoms with Gasteiger partial charge in [-0.2, -0.15) is 0 Å². The molecule has 0 unspecified atom stereocenters. The summed E-state index contributed by atoms with van der Waals surface area (Å²) in [7, 11) is 0. The summed E-state index contributed by atoms with van der Waals surface area (Å²) in [4.78, 5) is 15.6. The van der Waals surface area contributed by atoms with Crippen molar-refractivity contribution < 1.29 is 13.6 Å². The highest BCUT2D eigenvalue weighted by atomic mass is 19.1. The second-order valence-electron chi connectivity index (χ2n) is 4.71. The van der Waals surface area contributed by atoms with Crippen molar-refractivity contribution >= 4 is 11.6 Å². The van der Waals surface area contributed by atoms with Gasteiger partial charge in [-0.1, -0.05) is 13.8 Å². The predicted molar refractivity (Wildman–Crippen MR) is 72.6 cm³/mol. The van der Waals surface area contributed by atoms with E-state index in [4.69, 9.17) is 0 Å². The van der Waals surface area contributed by atoms with Crippen LogP contribution < -0.4 is 5.32 Å². The summed E-state index contributed by atoms with van der Waals surface area (Å²) in [5, 5.41) is 2.61. The van der Waals surface area contributed by atoms with Crippen LogP contribution in [0, 0.1) is 11.6 Å². The molecule has 20 heavy (non-hydrogen) atoms. The van der Waals surface area contributed by atoms with E-state index in [0.29, 0.717) is 11.3 Å². The molecule has 5 heteroatoms. The summed E-state index contributed by atoms with van der Waals surface area (Å²) in [5.74, 6) is -1.27. The summed E-state index contributed by atoms with van der Waals surface area (Å²) in [6, 6.07) is 6.82. The van der Waals surface area contributed by atoms with E-state index < -0.39 is 11.7 Å². The van der Waals surface area contributed by atoms with E-state index in [9.17, 15) is 13.6 Å². The minimum atomic E-state index is -0.509. The van der Waals surface area contributed by atoms with Crippen LogP contribution in [0.2, 0.25) is 0 Å². The Bertz CT molecular complexity index is 624. The van der Waals surface area contributed by atoms with Crippen LogP contribution in [0.4, 0.5) is 14.5 Å². The second-order valence-corrected chi connectivity index (χ2v) is 4.71. The van der Waals surface area contributed by atoms with Gasteiger partial charge in [-0.3, -0.25) is 4.79 Å². The molecule has 1 heterocycles. The first-order valence-corrected chi connectivity index (χ1v) is 6.19. The Hall–Kier alpha value is -2.30. The van der Waals surface area contributed by atoms with Crippen molar-refractivity contribution in [1.82, 2.24) is 4.98 Å². The molecule has 3 nitrogen and oxygen atoms in total. The molecule has 0 aliphatic carbocycles. The number of carbonyl (C=O) groups excluding carboxylic acids is 1. The number of hydrogen-bond acceptors (Lipinski definition) is 2. The van der Waals surface area contributed by atoms with Crippen LogP contribution in [-0.2, 0) is 0 Å². The van der Waals surface area contributed by atoms with Gasteiger partial charge in [0, 0.05) is 5.69 Å². The molecule has 0 saturated carbocycles. The summed E-state index contributed by atoms with van der Waals surface area (Å²) >= 11 is 0. The number of nitrogens with zero attached hydrogens (tertiary/aromatic N) is 1. The van der Waals surface area contributed by atoms with Gasteiger partial charge in [-0.25, -0.2) is 13.8 Å². The number of carbonyl (C=O) groups is 1. The molecule has 1 aromatic heterocycles. The lowest BCUT2D eigenvalue weighted by molar-refractivity contribution is 0.102. The fourth-order valence-corrected chi connectivity index (χ4v) is 1.77. The number of rotatable bonds is 3. The molecule has 1 aromatic carbocycles. The molecule has 0 saturated heterocycles. The van der Waals surface area contributed by atoms with Crippen molar-refractivity contribution in [3.05, 3.63) is 59.4 Å². The standard InChI is InChI=1S/C15H14F2N2O/c1-9(2)12-7-11(4-5-13(12)17)19-15(20)14-6-3-10(16)8-18-14/h3-9H,1-2H3,(H,19,20). The molecule has 2 rings (SSSR count). The number of amides is 1. The molecule has 0 aliphatic heterocycles. The molecule has 1 amide bonds. The first-order chi connectivity index (χ1) is 9.47. The normalized spacial score (nSPS) is 10.7. The van der Waals surface area contributed by atoms with Crippen molar-refractivity contribution in [1.29, 1.82) is 0 Å². The third-order valence-corrected chi connectivity index (χ3v) is 2.84. The van der Waals surface area contributed by atoms with Gasteiger partial charge < -0.3 is 5.32 Å². The summed E-state index contributed by atoms with van der Waals surface area (Å²) < 4.78 is 26.3. The quantitative estimate of drug-likeness (QED) is 0.928. The van der Waals surface area contributed by atoms with E-state index in [1.54, 1.807) is 6.07 Å². The van der Waals surface area contributed by atoms with E-state index in [-0.39, 0.29) is 17.4 Å². The van der Waals surface area contributed by atoms with Crippen molar-refractivity contribution in [3.63, 3.8) is 0 Å². The molecule has 0 radical (unpaired) electrons. The molecule has 0 fully saturated rings. The second kappa shape index (κ2) is 5.77. The van der Waals surface area contributed by atoms with Gasteiger partial charge in [0.05, 0.1) is 6.20 Å². The van der Waals surface area contributed by atoms with Gasteiger partial charge in [-0.15, -0.1) is 0 Å². The van der Waals surface area contributed by atoms with Crippen molar-refractivity contribution in [3.8, 4) is 0 Å².